The van der Waals surface area contributed by atoms with E-state index in [0.29, 0.717) is 25.5 Å². The number of guanidine groups is 1. The Morgan fingerprint density at radius 3 is 2.62 bits per heavy atom. The number of thiophene rings is 1. The molecule has 0 aliphatic carbocycles. The second-order valence-electron chi connectivity index (χ2n) is 7.15. The molecule has 1 aromatic carbocycles. The number of carbonyl (C=O) groups excluding carboxylic acids is 1. The summed E-state index contributed by atoms with van der Waals surface area (Å²) in [5.74, 6) is 0.860. The lowest BCUT2D eigenvalue weighted by atomic mass is 9.99. The number of halogens is 1. The maximum Gasteiger partial charge on any atom is 0.227 e. The quantitative estimate of drug-likeness (QED) is 0.293. The minimum atomic E-state index is -0.958. The topological polar surface area (TPSA) is 77.0 Å². The molecular weight excluding hydrogens is 499 g/mol. The average molecular weight is 528 g/mol. The lowest BCUT2D eigenvalue weighted by Gasteiger charge is -2.24. The molecular formula is C21H29IN4O2S. The van der Waals surface area contributed by atoms with Gasteiger partial charge in [-0.15, -0.1) is 24.0 Å². The third-order valence-corrected chi connectivity index (χ3v) is 5.51. The first-order valence-corrected chi connectivity index (χ1v) is 10.6. The van der Waals surface area contributed by atoms with Gasteiger partial charge >= 0.3 is 0 Å². The van der Waals surface area contributed by atoms with E-state index in [9.17, 15) is 9.90 Å². The number of nitrogens with zero attached hydrogens (tertiary/aromatic N) is 2. The molecule has 1 atom stereocenters. The van der Waals surface area contributed by atoms with Gasteiger partial charge < -0.3 is 20.6 Å². The van der Waals surface area contributed by atoms with Gasteiger partial charge in [-0.25, -0.2) is 4.99 Å². The molecule has 1 amide bonds. The van der Waals surface area contributed by atoms with Crippen molar-refractivity contribution in [2.45, 2.75) is 38.8 Å². The maximum absolute atomic E-state index is 11.9. The van der Waals surface area contributed by atoms with Gasteiger partial charge in [0.15, 0.2) is 5.96 Å². The van der Waals surface area contributed by atoms with Crippen molar-refractivity contribution in [3.8, 4) is 0 Å². The fourth-order valence-corrected chi connectivity index (χ4v) is 3.93. The van der Waals surface area contributed by atoms with Crippen LogP contribution in [0.5, 0.6) is 0 Å². The van der Waals surface area contributed by atoms with Gasteiger partial charge in [0.05, 0.1) is 13.1 Å². The Hall–Kier alpha value is -1.65. The highest BCUT2D eigenvalue weighted by molar-refractivity contribution is 14.0. The summed E-state index contributed by atoms with van der Waals surface area (Å²) < 4.78 is 0. The molecule has 158 valence electrons. The van der Waals surface area contributed by atoms with Gasteiger partial charge in [0.1, 0.15) is 5.60 Å². The normalized spacial score (nSPS) is 16.3. The summed E-state index contributed by atoms with van der Waals surface area (Å²) in [6.45, 7) is 6.23. The van der Waals surface area contributed by atoms with Crippen LogP contribution in [-0.2, 0) is 16.9 Å². The smallest absolute Gasteiger partial charge is 0.227 e. The molecule has 8 heteroatoms. The largest absolute Gasteiger partial charge is 0.384 e. The number of amides is 1. The van der Waals surface area contributed by atoms with Gasteiger partial charge in [0.2, 0.25) is 5.91 Å². The van der Waals surface area contributed by atoms with Crippen LogP contribution in [0.1, 0.15) is 37.8 Å². The summed E-state index contributed by atoms with van der Waals surface area (Å²) in [5.41, 5.74) is 1.96. The first-order valence-electron chi connectivity index (χ1n) is 9.66. The molecule has 1 unspecified atom stereocenters. The van der Waals surface area contributed by atoms with Gasteiger partial charge in [-0.3, -0.25) is 4.79 Å². The Morgan fingerprint density at radius 1 is 1.28 bits per heavy atom. The van der Waals surface area contributed by atoms with E-state index in [2.05, 4.69) is 15.6 Å². The summed E-state index contributed by atoms with van der Waals surface area (Å²) >= 11 is 1.57. The summed E-state index contributed by atoms with van der Waals surface area (Å²) in [7, 11) is 0. The summed E-state index contributed by atoms with van der Waals surface area (Å²) in [6, 6.07) is 9.92. The second kappa shape index (κ2) is 10.9. The van der Waals surface area contributed by atoms with Crippen LogP contribution >= 0.6 is 35.3 Å². The van der Waals surface area contributed by atoms with E-state index in [-0.39, 0.29) is 29.9 Å². The van der Waals surface area contributed by atoms with Crippen LogP contribution in [0.3, 0.4) is 0 Å². The van der Waals surface area contributed by atoms with Crippen LogP contribution in [0.25, 0.3) is 0 Å². The van der Waals surface area contributed by atoms with E-state index in [1.807, 2.05) is 52.9 Å². The van der Waals surface area contributed by atoms with E-state index in [4.69, 9.17) is 0 Å². The van der Waals surface area contributed by atoms with E-state index in [1.54, 1.807) is 18.3 Å². The van der Waals surface area contributed by atoms with E-state index >= 15 is 0 Å². The van der Waals surface area contributed by atoms with Gasteiger partial charge in [0.25, 0.3) is 0 Å². The molecule has 0 saturated carbocycles. The van der Waals surface area contributed by atoms with Gasteiger partial charge in [-0.1, -0.05) is 12.1 Å². The van der Waals surface area contributed by atoms with Crippen molar-refractivity contribution in [2.75, 3.05) is 24.5 Å². The lowest BCUT2D eigenvalue weighted by molar-refractivity contribution is -0.117. The Kier molecular flexibility index (Phi) is 8.91. The highest BCUT2D eigenvalue weighted by Crippen LogP contribution is 2.23. The molecule has 3 N–H and O–H groups in total. The molecule has 1 aliphatic rings. The zero-order chi connectivity index (χ0) is 20.0. The van der Waals surface area contributed by atoms with Gasteiger partial charge in [-0.05, 0) is 60.4 Å². The Morgan fingerprint density at radius 2 is 2.03 bits per heavy atom. The second-order valence-corrected chi connectivity index (χ2v) is 7.93. The molecule has 0 bridgehead atoms. The van der Waals surface area contributed by atoms with Crippen LogP contribution in [0.4, 0.5) is 5.69 Å². The molecule has 6 nitrogen and oxygen atoms in total. The molecule has 0 spiro atoms. The predicted molar refractivity (Wildman–Crippen MR) is 130 cm³/mol. The summed E-state index contributed by atoms with van der Waals surface area (Å²) in [5, 5.41) is 21.0. The van der Waals surface area contributed by atoms with Crippen LogP contribution in [0.15, 0.2) is 46.1 Å². The van der Waals surface area contributed by atoms with Crippen LogP contribution in [0, 0.1) is 0 Å². The van der Waals surface area contributed by atoms with Crippen molar-refractivity contribution in [1.29, 1.82) is 0 Å². The molecule has 2 aromatic rings. The molecule has 1 fully saturated rings. The van der Waals surface area contributed by atoms with Gasteiger partial charge in [0, 0.05) is 25.2 Å². The van der Waals surface area contributed by atoms with Crippen molar-refractivity contribution >= 4 is 52.9 Å². The fourth-order valence-electron chi connectivity index (χ4n) is 3.14. The Labute approximate surface area is 193 Å². The van der Waals surface area contributed by atoms with Crippen molar-refractivity contribution in [3.63, 3.8) is 0 Å². The van der Waals surface area contributed by atoms with Crippen LogP contribution in [0.2, 0.25) is 0 Å². The number of anilines is 1. The first-order chi connectivity index (χ1) is 13.5. The third kappa shape index (κ3) is 6.42. The first kappa shape index (κ1) is 23.6. The number of carbonyl (C=O) groups is 1. The Balaban J connectivity index is 0.00000300. The highest BCUT2D eigenvalue weighted by Gasteiger charge is 2.24. The lowest BCUT2D eigenvalue weighted by Crippen LogP contribution is -2.44. The number of hydrogen-bond acceptors (Lipinski definition) is 4. The molecule has 1 aromatic heterocycles. The Bertz CT molecular complexity index is 807. The summed E-state index contributed by atoms with van der Waals surface area (Å²) in [4.78, 5) is 18.3. The third-order valence-electron chi connectivity index (χ3n) is 4.83. The fraction of sp³-hybridized carbons (Fsp3) is 0.429. The minimum absolute atomic E-state index is 0. The molecule has 1 saturated heterocycles. The minimum Gasteiger partial charge on any atom is -0.384 e. The number of benzene rings is 1. The number of aliphatic imine (C=N–C) groups is 1. The monoisotopic (exact) mass is 528 g/mol. The molecule has 3 rings (SSSR count). The van der Waals surface area contributed by atoms with Crippen molar-refractivity contribution in [2.24, 2.45) is 4.99 Å². The van der Waals surface area contributed by atoms with E-state index in [0.717, 1.165) is 36.3 Å². The van der Waals surface area contributed by atoms with Crippen LogP contribution < -0.4 is 15.5 Å². The summed E-state index contributed by atoms with van der Waals surface area (Å²) in [6.07, 6.45) is 1.57. The average Bonchev–Trinajstić information content (AvgIpc) is 3.37. The highest BCUT2D eigenvalue weighted by atomic mass is 127. The molecule has 2 heterocycles. The maximum atomic E-state index is 11.9. The predicted octanol–water partition coefficient (Wildman–Crippen LogP) is 3.46. The van der Waals surface area contributed by atoms with E-state index in [1.165, 1.54) is 0 Å². The zero-order valence-corrected chi connectivity index (χ0v) is 20.0. The molecule has 29 heavy (non-hydrogen) atoms. The number of nitrogens with one attached hydrogen (secondary N) is 2. The number of rotatable bonds is 7. The SMILES string of the molecule is CCNC(=NCc1ccc(N2CCCC2=O)cc1)NCC(C)(O)c1ccsc1.I. The molecule has 1 aliphatic heterocycles. The number of aliphatic hydroxyl groups is 1. The standard InChI is InChI=1S/C21H28N4O2S.HI/c1-3-22-20(24-15-21(2,27)17-10-12-28-14-17)23-13-16-6-8-18(9-7-16)25-11-4-5-19(25)26;/h6-10,12,14,27H,3-5,11,13,15H2,1-2H3,(H2,22,23,24);1H. The van der Waals surface area contributed by atoms with Crippen molar-refractivity contribution in [1.82, 2.24) is 10.6 Å². The van der Waals surface area contributed by atoms with Crippen molar-refractivity contribution < 1.29 is 9.90 Å². The van der Waals surface area contributed by atoms with Gasteiger partial charge in [-0.2, -0.15) is 11.3 Å². The zero-order valence-electron chi connectivity index (χ0n) is 16.9. The number of hydrogen-bond donors (Lipinski definition) is 3. The van der Waals surface area contributed by atoms with E-state index < -0.39 is 5.60 Å². The van der Waals surface area contributed by atoms with Crippen molar-refractivity contribution in [3.05, 3.63) is 52.2 Å². The van der Waals surface area contributed by atoms with Crippen LogP contribution in [-0.4, -0.2) is 36.6 Å². The molecule has 0 radical (unpaired) electrons.